The average molecular weight is 559 g/mol. The number of ether oxygens (including phenoxy) is 2. The number of hydrogen-bond donors (Lipinski definition) is 0. The summed E-state index contributed by atoms with van der Waals surface area (Å²) in [6.45, 7) is 0. The quantitative estimate of drug-likeness (QED) is 0.214. The first-order valence-corrected chi connectivity index (χ1v) is 9.57. The van der Waals surface area contributed by atoms with Crippen molar-refractivity contribution in [2.24, 2.45) is 7.05 Å². The summed E-state index contributed by atoms with van der Waals surface area (Å²) in [4.78, 5) is 14.4. The lowest BCUT2D eigenvalue weighted by Gasteiger charge is -2.10. The highest BCUT2D eigenvalue weighted by atomic mass is 127. The van der Waals surface area contributed by atoms with Crippen molar-refractivity contribution in [1.29, 1.82) is 0 Å². The van der Waals surface area contributed by atoms with Crippen molar-refractivity contribution in [3.05, 3.63) is 31.4 Å². The predicted octanol–water partition coefficient (Wildman–Crippen LogP) is 3.38. The minimum absolute atomic E-state index is 0.578. The van der Waals surface area contributed by atoms with E-state index in [9.17, 15) is 0 Å². The minimum atomic E-state index is 0.578. The van der Waals surface area contributed by atoms with Gasteiger partial charge in [-0.3, -0.25) is 0 Å². The largest absolute Gasteiger partial charge is 0.494 e. The highest BCUT2D eigenvalue weighted by Gasteiger charge is 2.23. The maximum absolute atomic E-state index is 5.52. The number of rotatable bonds is 2. The molecule has 2 heterocycles. The van der Waals surface area contributed by atoms with Gasteiger partial charge in [-0.1, -0.05) is 0 Å². The third-order valence-corrected chi connectivity index (χ3v) is 5.82. The molecule has 2 aromatic heterocycles. The summed E-state index contributed by atoms with van der Waals surface area (Å²) in [6, 6.07) is 7.80. The van der Waals surface area contributed by atoms with E-state index in [2.05, 4.69) is 45.2 Å². The zero-order valence-electron chi connectivity index (χ0n) is 13.7. The van der Waals surface area contributed by atoms with Crippen LogP contribution in [0.25, 0.3) is 33.4 Å². The molecule has 0 fully saturated rings. The molecule has 8 heteroatoms. The van der Waals surface area contributed by atoms with Crippen molar-refractivity contribution in [2.45, 2.75) is 0 Å². The van der Waals surface area contributed by atoms with Crippen molar-refractivity contribution in [2.75, 3.05) is 14.2 Å². The smallest absolute Gasteiger partial charge is 0.369 e. The minimum Gasteiger partial charge on any atom is -0.494 e. The Morgan fingerprint density at radius 3 is 2.00 bits per heavy atom. The van der Waals surface area contributed by atoms with Crippen LogP contribution >= 0.6 is 45.2 Å². The Hall–Kier alpha value is -1.56. The van der Waals surface area contributed by atoms with Crippen LogP contribution in [0.2, 0.25) is 0 Å². The monoisotopic (exact) mass is 559 g/mol. The SMILES string of the molecule is COc1ccc(OC)c2c1nc1nc3c(I)ccc(I)c3nc1[n+]2C. The fourth-order valence-corrected chi connectivity index (χ4v) is 3.98. The van der Waals surface area contributed by atoms with Crippen molar-refractivity contribution < 1.29 is 14.0 Å². The summed E-state index contributed by atoms with van der Waals surface area (Å²) < 4.78 is 15.1. The van der Waals surface area contributed by atoms with Gasteiger partial charge in [-0.2, -0.15) is 0 Å². The molecule has 0 aliphatic rings. The van der Waals surface area contributed by atoms with Gasteiger partial charge in [0.1, 0.15) is 11.3 Å². The molecule has 0 spiro atoms. The first-order chi connectivity index (χ1) is 12.0. The van der Waals surface area contributed by atoms with E-state index < -0.39 is 0 Å². The van der Waals surface area contributed by atoms with Gasteiger partial charge in [0.25, 0.3) is 0 Å². The fourth-order valence-electron chi connectivity index (χ4n) is 2.87. The fraction of sp³-hybridized carbons (Fsp3) is 0.176. The topological polar surface area (TPSA) is 61.0 Å². The normalized spacial score (nSPS) is 11.4. The molecule has 0 aliphatic carbocycles. The zero-order chi connectivity index (χ0) is 17.7. The molecule has 6 nitrogen and oxygen atoms in total. The third-order valence-electron chi connectivity index (χ3n) is 4.08. The summed E-state index contributed by atoms with van der Waals surface area (Å²) in [5.41, 5.74) is 4.53. The predicted molar refractivity (Wildman–Crippen MR) is 112 cm³/mol. The maximum atomic E-state index is 5.52. The van der Waals surface area contributed by atoms with Crippen LogP contribution in [0, 0.1) is 7.14 Å². The molecular weight excluding hydrogens is 546 g/mol. The maximum Gasteiger partial charge on any atom is 0.369 e. The number of aryl methyl sites for hydroxylation is 1. The Bertz CT molecular complexity index is 1160. The molecule has 0 N–H and O–H groups in total. The van der Waals surface area contributed by atoms with Gasteiger partial charge in [-0.15, -0.1) is 0 Å². The standard InChI is InChI=1S/C17H13I2N4O2/c1-23-15-11(25-3)7-6-10(24-2)14(15)21-16-17(23)22-13-9(19)5-4-8(18)12(13)20-16/h4-7H,1-3H3/q+1. The highest BCUT2D eigenvalue weighted by molar-refractivity contribution is 14.1. The van der Waals surface area contributed by atoms with Gasteiger partial charge in [0.2, 0.25) is 11.2 Å². The first-order valence-electron chi connectivity index (χ1n) is 7.41. The van der Waals surface area contributed by atoms with Crippen LogP contribution in [0.15, 0.2) is 24.3 Å². The van der Waals surface area contributed by atoms with E-state index in [1.165, 1.54) is 0 Å². The second-order valence-electron chi connectivity index (χ2n) is 5.44. The lowest BCUT2D eigenvalue weighted by Crippen LogP contribution is -2.32. The summed E-state index contributed by atoms with van der Waals surface area (Å²) in [7, 11) is 5.21. The zero-order valence-corrected chi connectivity index (χ0v) is 18.0. The van der Waals surface area contributed by atoms with Gasteiger partial charge >= 0.3 is 5.65 Å². The molecule has 0 aliphatic heterocycles. The second-order valence-corrected chi connectivity index (χ2v) is 7.76. The van der Waals surface area contributed by atoms with Crippen LogP contribution < -0.4 is 14.0 Å². The van der Waals surface area contributed by atoms with Crippen molar-refractivity contribution in [3.8, 4) is 11.5 Å². The Morgan fingerprint density at radius 2 is 1.36 bits per heavy atom. The second kappa shape index (κ2) is 6.31. The molecule has 0 saturated carbocycles. The van der Waals surface area contributed by atoms with Crippen LogP contribution in [0.4, 0.5) is 0 Å². The van der Waals surface area contributed by atoms with Crippen LogP contribution in [0.1, 0.15) is 0 Å². The molecule has 4 rings (SSSR count). The van der Waals surface area contributed by atoms with E-state index in [4.69, 9.17) is 24.4 Å². The number of benzene rings is 2. The van der Waals surface area contributed by atoms with Crippen LogP contribution in [-0.2, 0) is 7.05 Å². The number of aromatic nitrogens is 4. The van der Waals surface area contributed by atoms with E-state index >= 15 is 0 Å². The van der Waals surface area contributed by atoms with Gasteiger partial charge in [-0.25, -0.2) is 14.5 Å². The van der Waals surface area contributed by atoms with Crippen LogP contribution in [0.3, 0.4) is 0 Å². The Labute approximate surface area is 170 Å². The molecular formula is C17H13I2N4O2+. The molecule has 0 radical (unpaired) electrons. The number of nitrogens with zero attached hydrogens (tertiary/aromatic N) is 4. The third kappa shape index (κ3) is 2.57. The molecule has 0 atom stereocenters. The van der Waals surface area contributed by atoms with Gasteiger partial charge in [0.15, 0.2) is 16.8 Å². The molecule has 0 unspecified atom stereocenters. The Morgan fingerprint density at radius 1 is 0.800 bits per heavy atom. The lowest BCUT2D eigenvalue weighted by atomic mass is 10.2. The lowest BCUT2D eigenvalue weighted by molar-refractivity contribution is -0.620. The highest BCUT2D eigenvalue weighted by Crippen LogP contribution is 2.31. The van der Waals surface area contributed by atoms with E-state index in [0.717, 1.165) is 23.7 Å². The summed E-state index contributed by atoms with van der Waals surface area (Å²) >= 11 is 4.56. The van der Waals surface area contributed by atoms with Crippen molar-refractivity contribution in [3.63, 3.8) is 0 Å². The van der Waals surface area contributed by atoms with Crippen molar-refractivity contribution >= 4 is 78.5 Å². The average Bonchev–Trinajstić information content (AvgIpc) is 2.63. The van der Waals surface area contributed by atoms with Crippen LogP contribution in [-0.4, -0.2) is 29.2 Å². The van der Waals surface area contributed by atoms with Crippen molar-refractivity contribution in [1.82, 2.24) is 15.0 Å². The number of hydrogen-bond acceptors (Lipinski definition) is 5. The summed E-state index contributed by atoms with van der Waals surface area (Å²) in [5.74, 6) is 1.39. The number of halogens is 2. The van der Waals surface area contributed by atoms with E-state index in [1.807, 2.05) is 35.9 Å². The van der Waals surface area contributed by atoms with Gasteiger partial charge in [0.05, 0.1) is 24.8 Å². The molecule has 2 aromatic carbocycles. The number of methoxy groups -OCH3 is 2. The number of fused-ring (bicyclic) bond motifs is 3. The van der Waals surface area contributed by atoms with Gasteiger partial charge in [-0.05, 0) is 74.4 Å². The van der Waals surface area contributed by atoms with E-state index in [-0.39, 0.29) is 0 Å². The first kappa shape index (κ1) is 16.9. The summed E-state index contributed by atoms with van der Waals surface area (Å²) in [5, 5.41) is 0. The van der Waals surface area contributed by atoms with E-state index in [0.29, 0.717) is 28.3 Å². The molecule has 0 saturated heterocycles. The van der Waals surface area contributed by atoms with E-state index in [1.54, 1.807) is 14.2 Å². The van der Waals surface area contributed by atoms with Crippen LogP contribution in [0.5, 0.6) is 11.5 Å². The molecule has 4 aromatic rings. The molecule has 126 valence electrons. The molecule has 0 bridgehead atoms. The Balaban J connectivity index is 2.24. The Kier molecular flexibility index (Phi) is 4.26. The summed E-state index contributed by atoms with van der Waals surface area (Å²) in [6.07, 6.45) is 0. The van der Waals surface area contributed by atoms with Gasteiger partial charge in [0, 0.05) is 3.57 Å². The molecule has 25 heavy (non-hydrogen) atoms. The molecule has 0 amide bonds. The van der Waals surface area contributed by atoms with Gasteiger partial charge < -0.3 is 9.47 Å².